The lowest BCUT2D eigenvalue weighted by molar-refractivity contribution is -0.141. The van der Waals surface area contributed by atoms with Gasteiger partial charge in [0.15, 0.2) is 0 Å². The van der Waals surface area contributed by atoms with Crippen molar-refractivity contribution in [1.82, 2.24) is 9.80 Å². The first-order valence-corrected chi connectivity index (χ1v) is 10.6. The molecule has 0 fully saturated rings. The quantitative estimate of drug-likeness (QED) is 0.522. The van der Waals surface area contributed by atoms with Crippen LogP contribution in [0.1, 0.15) is 57.1 Å². The summed E-state index contributed by atoms with van der Waals surface area (Å²) in [5, 5.41) is 0. The summed E-state index contributed by atoms with van der Waals surface area (Å²) in [5.74, 6) is 1.25. The normalized spacial score (nSPS) is 11.0. The standard InChI is InChI=1S/C24H33FN2O3/c1-5-6-7-23(28)26(14-18(2)3)17-24(29)27(16-22-13-8-19(4)30-22)15-20-9-11-21(25)12-10-20/h8-13,18H,5-7,14-17H2,1-4H3. The summed E-state index contributed by atoms with van der Waals surface area (Å²) in [4.78, 5) is 29.2. The van der Waals surface area contributed by atoms with Crippen molar-refractivity contribution in [3.8, 4) is 0 Å². The van der Waals surface area contributed by atoms with Gasteiger partial charge in [0.1, 0.15) is 17.3 Å². The summed E-state index contributed by atoms with van der Waals surface area (Å²) in [7, 11) is 0. The van der Waals surface area contributed by atoms with E-state index in [2.05, 4.69) is 0 Å². The van der Waals surface area contributed by atoms with Gasteiger partial charge in [-0.25, -0.2) is 4.39 Å². The fourth-order valence-electron chi connectivity index (χ4n) is 3.25. The monoisotopic (exact) mass is 416 g/mol. The van der Waals surface area contributed by atoms with E-state index in [0.29, 0.717) is 31.8 Å². The minimum atomic E-state index is -0.317. The van der Waals surface area contributed by atoms with E-state index in [-0.39, 0.29) is 30.1 Å². The molecule has 0 unspecified atom stereocenters. The van der Waals surface area contributed by atoms with Crippen LogP contribution in [0.3, 0.4) is 0 Å². The molecule has 1 heterocycles. The molecule has 0 bridgehead atoms. The topological polar surface area (TPSA) is 53.8 Å². The van der Waals surface area contributed by atoms with Crippen molar-refractivity contribution in [1.29, 1.82) is 0 Å². The largest absolute Gasteiger partial charge is 0.464 e. The maximum absolute atomic E-state index is 13.3. The van der Waals surface area contributed by atoms with Gasteiger partial charge in [-0.2, -0.15) is 0 Å². The zero-order valence-electron chi connectivity index (χ0n) is 18.5. The Morgan fingerprint density at radius 2 is 1.70 bits per heavy atom. The van der Waals surface area contributed by atoms with Crippen LogP contribution in [0.25, 0.3) is 0 Å². The van der Waals surface area contributed by atoms with Crippen molar-refractivity contribution < 1.29 is 18.4 Å². The molecular formula is C24H33FN2O3. The first kappa shape index (κ1) is 23.6. The van der Waals surface area contributed by atoms with E-state index in [1.165, 1.54) is 12.1 Å². The number of carbonyl (C=O) groups is 2. The number of unbranched alkanes of at least 4 members (excludes halogenated alkanes) is 1. The van der Waals surface area contributed by atoms with Gasteiger partial charge < -0.3 is 14.2 Å². The lowest BCUT2D eigenvalue weighted by Crippen LogP contribution is -2.43. The summed E-state index contributed by atoms with van der Waals surface area (Å²) in [5.41, 5.74) is 0.820. The second-order valence-electron chi connectivity index (χ2n) is 8.16. The average molecular weight is 417 g/mol. The Balaban J connectivity index is 2.17. The molecule has 2 rings (SSSR count). The van der Waals surface area contributed by atoms with Crippen molar-refractivity contribution in [3.05, 3.63) is 59.3 Å². The zero-order valence-corrected chi connectivity index (χ0v) is 18.5. The molecular weight excluding hydrogens is 383 g/mol. The molecule has 0 saturated carbocycles. The number of rotatable bonds is 11. The van der Waals surface area contributed by atoms with E-state index in [1.54, 1.807) is 21.9 Å². The van der Waals surface area contributed by atoms with Crippen LogP contribution in [-0.2, 0) is 22.7 Å². The van der Waals surface area contributed by atoms with E-state index in [0.717, 1.165) is 24.2 Å². The van der Waals surface area contributed by atoms with Gasteiger partial charge in [-0.1, -0.05) is 39.3 Å². The Hall–Kier alpha value is -2.63. The van der Waals surface area contributed by atoms with Gasteiger partial charge in [0.05, 0.1) is 13.1 Å². The SMILES string of the molecule is CCCCC(=O)N(CC(=O)N(Cc1ccc(F)cc1)Cc1ccc(C)o1)CC(C)C. The second-order valence-corrected chi connectivity index (χ2v) is 8.16. The van der Waals surface area contributed by atoms with E-state index >= 15 is 0 Å². The van der Waals surface area contributed by atoms with Gasteiger partial charge in [-0.05, 0) is 49.1 Å². The average Bonchev–Trinajstić information content (AvgIpc) is 3.11. The molecule has 2 aromatic rings. The first-order chi connectivity index (χ1) is 14.3. The van der Waals surface area contributed by atoms with Crippen molar-refractivity contribution in [3.63, 3.8) is 0 Å². The highest BCUT2D eigenvalue weighted by Gasteiger charge is 2.23. The number of amides is 2. The number of furan rings is 1. The minimum absolute atomic E-state index is 0.00877. The maximum atomic E-state index is 13.3. The number of nitrogens with zero attached hydrogens (tertiary/aromatic N) is 2. The number of hydrogen-bond acceptors (Lipinski definition) is 3. The van der Waals surface area contributed by atoms with Gasteiger partial charge in [0.2, 0.25) is 11.8 Å². The number of carbonyl (C=O) groups excluding carboxylic acids is 2. The molecule has 0 radical (unpaired) electrons. The molecule has 6 heteroatoms. The second kappa shape index (κ2) is 11.5. The van der Waals surface area contributed by atoms with Crippen molar-refractivity contribution >= 4 is 11.8 Å². The number of hydrogen-bond donors (Lipinski definition) is 0. The molecule has 0 N–H and O–H groups in total. The Labute approximate surface area is 178 Å². The third kappa shape index (κ3) is 7.65. The van der Waals surface area contributed by atoms with Crippen molar-refractivity contribution in [2.45, 2.75) is 60.0 Å². The van der Waals surface area contributed by atoms with E-state index in [4.69, 9.17) is 4.42 Å². The van der Waals surface area contributed by atoms with Crippen molar-refractivity contribution in [2.75, 3.05) is 13.1 Å². The Bertz CT molecular complexity index is 814. The molecule has 0 saturated heterocycles. The maximum Gasteiger partial charge on any atom is 0.242 e. The highest BCUT2D eigenvalue weighted by Crippen LogP contribution is 2.15. The molecule has 0 aliphatic heterocycles. The molecule has 164 valence electrons. The smallest absolute Gasteiger partial charge is 0.242 e. The van der Waals surface area contributed by atoms with Crippen LogP contribution in [-0.4, -0.2) is 34.7 Å². The number of aryl methyl sites for hydroxylation is 1. The molecule has 30 heavy (non-hydrogen) atoms. The zero-order chi connectivity index (χ0) is 22.1. The molecule has 2 amide bonds. The van der Waals surface area contributed by atoms with Crippen molar-refractivity contribution in [2.24, 2.45) is 5.92 Å². The van der Waals surface area contributed by atoms with Crippen LogP contribution in [0, 0.1) is 18.7 Å². The summed E-state index contributed by atoms with van der Waals surface area (Å²) >= 11 is 0. The Kier molecular flexibility index (Phi) is 9.09. The molecule has 5 nitrogen and oxygen atoms in total. The molecule has 0 atom stereocenters. The van der Waals surface area contributed by atoms with Crippen LogP contribution in [0.4, 0.5) is 4.39 Å². The lowest BCUT2D eigenvalue weighted by Gasteiger charge is -2.28. The summed E-state index contributed by atoms with van der Waals surface area (Å²) in [6.07, 6.45) is 2.20. The van der Waals surface area contributed by atoms with E-state index in [1.807, 2.05) is 39.8 Å². The van der Waals surface area contributed by atoms with Crippen LogP contribution in [0.5, 0.6) is 0 Å². The van der Waals surface area contributed by atoms with Crippen LogP contribution >= 0.6 is 0 Å². The molecule has 0 aliphatic carbocycles. The fourth-order valence-corrected chi connectivity index (χ4v) is 3.25. The van der Waals surface area contributed by atoms with Crippen LogP contribution in [0.2, 0.25) is 0 Å². The van der Waals surface area contributed by atoms with Gasteiger partial charge in [0, 0.05) is 19.5 Å². The van der Waals surface area contributed by atoms with Gasteiger partial charge >= 0.3 is 0 Å². The first-order valence-electron chi connectivity index (χ1n) is 10.6. The Morgan fingerprint density at radius 3 is 2.27 bits per heavy atom. The minimum Gasteiger partial charge on any atom is -0.464 e. The van der Waals surface area contributed by atoms with Gasteiger partial charge in [0.25, 0.3) is 0 Å². The third-order valence-corrected chi connectivity index (χ3v) is 4.79. The summed E-state index contributed by atoms with van der Waals surface area (Å²) in [6, 6.07) is 9.80. The van der Waals surface area contributed by atoms with E-state index in [9.17, 15) is 14.0 Å². The molecule has 1 aromatic carbocycles. The van der Waals surface area contributed by atoms with Gasteiger partial charge in [-0.15, -0.1) is 0 Å². The molecule has 0 aliphatic rings. The summed E-state index contributed by atoms with van der Waals surface area (Å²) in [6.45, 7) is 9.15. The Morgan fingerprint density at radius 1 is 1.00 bits per heavy atom. The summed E-state index contributed by atoms with van der Waals surface area (Å²) < 4.78 is 18.9. The van der Waals surface area contributed by atoms with Gasteiger partial charge in [-0.3, -0.25) is 9.59 Å². The molecule has 0 spiro atoms. The highest BCUT2D eigenvalue weighted by molar-refractivity contribution is 5.84. The van der Waals surface area contributed by atoms with Crippen LogP contribution in [0.15, 0.2) is 40.8 Å². The van der Waals surface area contributed by atoms with Crippen LogP contribution < -0.4 is 0 Å². The highest BCUT2D eigenvalue weighted by atomic mass is 19.1. The number of benzene rings is 1. The molecule has 1 aromatic heterocycles. The fraction of sp³-hybridized carbons (Fsp3) is 0.500. The predicted molar refractivity (Wildman–Crippen MR) is 115 cm³/mol. The van der Waals surface area contributed by atoms with E-state index < -0.39 is 0 Å². The third-order valence-electron chi connectivity index (χ3n) is 4.79. The lowest BCUT2D eigenvalue weighted by atomic mass is 10.1. The number of halogens is 1. The predicted octanol–water partition coefficient (Wildman–Crippen LogP) is 4.93.